The molecule has 1 fully saturated rings. The van der Waals surface area contributed by atoms with Gasteiger partial charge in [-0.15, -0.1) is 11.8 Å². The summed E-state index contributed by atoms with van der Waals surface area (Å²) in [5.74, 6) is -1.20. The summed E-state index contributed by atoms with van der Waals surface area (Å²) in [6.45, 7) is 6.09. The maximum atomic E-state index is 14.3. The molecule has 0 bridgehead atoms. The van der Waals surface area contributed by atoms with Crippen molar-refractivity contribution >= 4 is 23.6 Å². The molecule has 0 N–H and O–H groups in total. The molecular weight excluding hydrogens is 394 g/mol. The number of hydrogen-bond donors (Lipinski definition) is 0. The standard InChI is InChI=1S/C22H24F2N2O2S/c1-14(2)25(21(28)16-7-6-8-17(23)13-16)11-12-26-20(27)15(3)29-22(26)18-9-4-5-10-19(18)24/h4-10,13-15,22H,11-12H2,1-3H3/t15-,22+/m1/s1. The molecular formula is C22H24F2N2O2S. The van der Waals surface area contributed by atoms with Crippen LogP contribution >= 0.6 is 11.8 Å². The first kappa shape index (κ1) is 21.3. The summed E-state index contributed by atoms with van der Waals surface area (Å²) in [7, 11) is 0. The lowest BCUT2D eigenvalue weighted by molar-refractivity contribution is -0.130. The number of thioether (sulfide) groups is 1. The quantitative estimate of drug-likeness (QED) is 0.695. The Bertz CT molecular complexity index is 906. The van der Waals surface area contributed by atoms with Crippen LogP contribution in [-0.4, -0.2) is 46.0 Å². The van der Waals surface area contributed by atoms with Gasteiger partial charge >= 0.3 is 0 Å². The number of hydrogen-bond acceptors (Lipinski definition) is 3. The Morgan fingerprint density at radius 2 is 1.90 bits per heavy atom. The van der Waals surface area contributed by atoms with E-state index in [9.17, 15) is 18.4 Å². The fraction of sp³-hybridized carbons (Fsp3) is 0.364. The van der Waals surface area contributed by atoms with E-state index in [4.69, 9.17) is 0 Å². The van der Waals surface area contributed by atoms with Crippen molar-refractivity contribution in [3.8, 4) is 0 Å². The average Bonchev–Trinajstić information content (AvgIpc) is 2.96. The molecule has 1 heterocycles. The van der Waals surface area contributed by atoms with Gasteiger partial charge in [0.25, 0.3) is 5.91 Å². The van der Waals surface area contributed by atoms with Gasteiger partial charge in [-0.25, -0.2) is 8.78 Å². The van der Waals surface area contributed by atoms with Crippen LogP contribution in [0, 0.1) is 11.6 Å². The van der Waals surface area contributed by atoms with E-state index < -0.39 is 11.2 Å². The molecule has 0 aliphatic carbocycles. The van der Waals surface area contributed by atoms with Gasteiger partial charge in [-0.2, -0.15) is 0 Å². The van der Waals surface area contributed by atoms with Crippen molar-refractivity contribution in [1.82, 2.24) is 9.80 Å². The van der Waals surface area contributed by atoms with Gasteiger partial charge in [-0.1, -0.05) is 24.3 Å². The van der Waals surface area contributed by atoms with E-state index in [0.29, 0.717) is 5.56 Å². The molecule has 2 amide bonds. The number of halogens is 2. The fourth-order valence-electron chi connectivity index (χ4n) is 3.42. The van der Waals surface area contributed by atoms with Crippen LogP contribution in [0.3, 0.4) is 0 Å². The largest absolute Gasteiger partial charge is 0.334 e. The number of amides is 2. The van der Waals surface area contributed by atoms with E-state index in [1.165, 1.54) is 36.0 Å². The molecule has 0 unspecified atom stereocenters. The van der Waals surface area contributed by atoms with Crippen molar-refractivity contribution in [2.45, 2.75) is 37.4 Å². The van der Waals surface area contributed by atoms with Gasteiger partial charge in [0.15, 0.2) is 0 Å². The van der Waals surface area contributed by atoms with E-state index in [2.05, 4.69) is 0 Å². The van der Waals surface area contributed by atoms with Gasteiger partial charge < -0.3 is 9.80 Å². The molecule has 0 saturated carbocycles. The van der Waals surface area contributed by atoms with Crippen molar-refractivity contribution in [2.24, 2.45) is 0 Å². The maximum absolute atomic E-state index is 14.3. The zero-order valence-corrected chi connectivity index (χ0v) is 17.5. The lowest BCUT2D eigenvalue weighted by Crippen LogP contribution is -2.44. The van der Waals surface area contributed by atoms with Crippen LogP contribution in [0.1, 0.15) is 42.1 Å². The minimum Gasteiger partial charge on any atom is -0.334 e. The summed E-state index contributed by atoms with van der Waals surface area (Å²) < 4.78 is 27.9. The zero-order chi connectivity index (χ0) is 21.1. The van der Waals surface area contributed by atoms with Crippen molar-refractivity contribution in [3.63, 3.8) is 0 Å². The lowest BCUT2D eigenvalue weighted by Gasteiger charge is -2.31. The van der Waals surface area contributed by atoms with Gasteiger partial charge in [0.2, 0.25) is 5.91 Å². The summed E-state index contributed by atoms with van der Waals surface area (Å²) in [5.41, 5.74) is 0.725. The Labute approximate surface area is 173 Å². The lowest BCUT2D eigenvalue weighted by atomic mass is 10.1. The minimum atomic E-state index is -0.473. The highest BCUT2D eigenvalue weighted by Gasteiger charge is 2.39. The Hall–Kier alpha value is -2.41. The third-order valence-corrected chi connectivity index (χ3v) is 6.33. The average molecular weight is 419 g/mol. The Morgan fingerprint density at radius 1 is 1.17 bits per heavy atom. The molecule has 1 aliphatic rings. The number of rotatable bonds is 6. The highest BCUT2D eigenvalue weighted by molar-refractivity contribution is 8.01. The van der Waals surface area contributed by atoms with E-state index in [1.54, 1.807) is 41.0 Å². The first-order valence-electron chi connectivity index (χ1n) is 9.56. The van der Waals surface area contributed by atoms with Gasteiger partial charge in [0.05, 0.1) is 5.25 Å². The molecule has 1 saturated heterocycles. The topological polar surface area (TPSA) is 40.6 Å². The smallest absolute Gasteiger partial charge is 0.254 e. The molecule has 29 heavy (non-hydrogen) atoms. The molecule has 0 spiro atoms. The molecule has 2 aromatic rings. The Kier molecular flexibility index (Phi) is 6.57. The van der Waals surface area contributed by atoms with Crippen LogP contribution in [0.4, 0.5) is 8.78 Å². The summed E-state index contributed by atoms with van der Waals surface area (Å²) >= 11 is 1.40. The first-order chi connectivity index (χ1) is 13.8. The molecule has 0 radical (unpaired) electrons. The minimum absolute atomic E-state index is 0.0786. The fourth-order valence-corrected chi connectivity index (χ4v) is 4.75. The van der Waals surface area contributed by atoms with Crippen LogP contribution in [0.15, 0.2) is 48.5 Å². The molecule has 7 heteroatoms. The number of nitrogens with zero attached hydrogens (tertiary/aromatic N) is 2. The van der Waals surface area contributed by atoms with Crippen LogP contribution < -0.4 is 0 Å². The summed E-state index contributed by atoms with van der Waals surface area (Å²) in [5, 5.41) is -0.719. The van der Waals surface area contributed by atoms with Crippen LogP contribution in [0.5, 0.6) is 0 Å². The summed E-state index contributed by atoms with van der Waals surface area (Å²) in [6, 6.07) is 11.9. The molecule has 1 aliphatic heterocycles. The van der Waals surface area contributed by atoms with Crippen molar-refractivity contribution in [2.75, 3.05) is 13.1 Å². The summed E-state index contributed by atoms with van der Waals surface area (Å²) in [6.07, 6.45) is 0. The maximum Gasteiger partial charge on any atom is 0.254 e. The van der Waals surface area contributed by atoms with Crippen molar-refractivity contribution < 1.29 is 18.4 Å². The zero-order valence-electron chi connectivity index (χ0n) is 16.6. The molecule has 2 atom stereocenters. The third kappa shape index (κ3) is 4.61. The second-order valence-electron chi connectivity index (χ2n) is 7.29. The van der Waals surface area contributed by atoms with Gasteiger partial charge in [0.1, 0.15) is 17.0 Å². The number of carbonyl (C=O) groups is 2. The SMILES string of the molecule is CC(C)N(CCN1C(=O)[C@@H](C)S[C@H]1c1ccccc1F)C(=O)c1cccc(F)c1. The Balaban J connectivity index is 1.79. The Morgan fingerprint density at radius 3 is 2.55 bits per heavy atom. The predicted octanol–water partition coefficient (Wildman–Crippen LogP) is 4.48. The predicted molar refractivity (Wildman–Crippen MR) is 110 cm³/mol. The van der Waals surface area contributed by atoms with Crippen molar-refractivity contribution in [1.29, 1.82) is 0 Å². The number of carbonyl (C=O) groups excluding carboxylic acids is 2. The van der Waals surface area contributed by atoms with Gasteiger partial charge in [-0.3, -0.25) is 9.59 Å². The monoisotopic (exact) mass is 418 g/mol. The molecule has 154 valence electrons. The van der Waals surface area contributed by atoms with E-state index >= 15 is 0 Å². The first-order valence-corrected chi connectivity index (χ1v) is 10.5. The molecule has 2 aromatic carbocycles. The van der Waals surface area contributed by atoms with E-state index in [0.717, 1.165) is 0 Å². The van der Waals surface area contributed by atoms with E-state index in [-0.39, 0.29) is 47.6 Å². The van der Waals surface area contributed by atoms with Crippen LogP contribution in [0.25, 0.3) is 0 Å². The normalized spacial score (nSPS) is 19.1. The van der Waals surface area contributed by atoms with Crippen LogP contribution in [-0.2, 0) is 4.79 Å². The van der Waals surface area contributed by atoms with Crippen LogP contribution in [0.2, 0.25) is 0 Å². The third-order valence-electron chi connectivity index (χ3n) is 4.96. The van der Waals surface area contributed by atoms with Gasteiger partial charge in [0, 0.05) is 30.3 Å². The molecule has 4 nitrogen and oxygen atoms in total. The molecule has 0 aromatic heterocycles. The highest BCUT2D eigenvalue weighted by atomic mass is 32.2. The second-order valence-corrected chi connectivity index (χ2v) is 8.71. The van der Waals surface area contributed by atoms with Gasteiger partial charge in [-0.05, 0) is 45.0 Å². The summed E-state index contributed by atoms with van der Waals surface area (Å²) in [4.78, 5) is 28.8. The number of benzene rings is 2. The molecule has 3 rings (SSSR count). The van der Waals surface area contributed by atoms with E-state index in [1.807, 2.05) is 13.8 Å². The highest BCUT2D eigenvalue weighted by Crippen LogP contribution is 2.43. The van der Waals surface area contributed by atoms with Crippen molar-refractivity contribution in [3.05, 3.63) is 71.3 Å². The second kappa shape index (κ2) is 8.95.